The Kier molecular flexibility index (Phi) is 5.16. The SMILES string of the molecule is O=C(NCc1cccc(COCc2ccco2)c1)c1cc2c(cc1O)OCO2. The molecule has 1 aliphatic rings. The van der Waals surface area contributed by atoms with Gasteiger partial charge in [0.15, 0.2) is 11.5 Å². The first-order valence-electron chi connectivity index (χ1n) is 8.78. The molecule has 4 rings (SSSR count). The van der Waals surface area contributed by atoms with E-state index in [9.17, 15) is 9.90 Å². The molecular formula is C21H19NO6. The molecule has 1 amide bonds. The quantitative estimate of drug-likeness (QED) is 0.652. The molecule has 7 nitrogen and oxygen atoms in total. The van der Waals surface area contributed by atoms with Crippen LogP contribution in [-0.2, 0) is 24.5 Å². The standard InChI is InChI=1S/C21H19NO6/c23-18-9-20-19(27-13-28-20)8-17(18)21(24)22-10-14-3-1-4-15(7-14)11-25-12-16-5-2-6-26-16/h1-9,23H,10-13H2,(H,22,24). The number of ether oxygens (including phenoxy) is 3. The number of amides is 1. The summed E-state index contributed by atoms with van der Waals surface area (Å²) < 4.78 is 21.3. The average Bonchev–Trinajstić information content (AvgIpc) is 3.37. The summed E-state index contributed by atoms with van der Waals surface area (Å²) in [5.74, 6) is 1.10. The molecule has 0 bridgehead atoms. The smallest absolute Gasteiger partial charge is 0.255 e. The Morgan fingerprint density at radius 3 is 2.68 bits per heavy atom. The number of phenolic OH excluding ortho intramolecular Hbond substituents is 1. The summed E-state index contributed by atoms with van der Waals surface area (Å²) in [6.45, 7) is 1.23. The van der Waals surface area contributed by atoms with E-state index in [1.54, 1.807) is 6.26 Å². The predicted molar refractivity (Wildman–Crippen MR) is 99.0 cm³/mol. The molecule has 7 heteroatoms. The van der Waals surface area contributed by atoms with E-state index in [4.69, 9.17) is 18.6 Å². The van der Waals surface area contributed by atoms with Gasteiger partial charge in [-0.25, -0.2) is 0 Å². The Morgan fingerprint density at radius 1 is 1.04 bits per heavy atom. The van der Waals surface area contributed by atoms with Crippen LogP contribution in [0.4, 0.5) is 0 Å². The van der Waals surface area contributed by atoms with Crippen LogP contribution in [0.15, 0.2) is 59.2 Å². The van der Waals surface area contributed by atoms with Crippen LogP contribution in [0.25, 0.3) is 0 Å². The lowest BCUT2D eigenvalue weighted by Gasteiger charge is -2.09. The van der Waals surface area contributed by atoms with Crippen molar-refractivity contribution < 1.29 is 28.5 Å². The highest BCUT2D eigenvalue weighted by Gasteiger charge is 2.20. The van der Waals surface area contributed by atoms with Crippen molar-refractivity contribution in [2.45, 2.75) is 19.8 Å². The van der Waals surface area contributed by atoms with E-state index in [1.165, 1.54) is 12.1 Å². The summed E-state index contributed by atoms with van der Waals surface area (Å²) in [4.78, 5) is 12.4. The van der Waals surface area contributed by atoms with Gasteiger partial charge in [-0.3, -0.25) is 4.79 Å². The molecule has 2 heterocycles. The van der Waals surface area contributed by atoms with Crippen LogP contribution in [0.2, 0.25) is 0 Å². The molecule has 1 aromatic heterocycles. The molecule has 0 atom stereocenters. The number of aromatic hydroxyl groups is 1. The maximum Gasteiger partial charge on any atom is 0.255 e. The van der Waals surface area contributed by atoms with Crippen LogP contribution in [0.1, 0.15) is 27.2 Å². The molecule has 1 aliphatic heterocycles. The zero-order valence-corrected chi connectivity index (χ0v) is 15.0. The molecular weight excluding hydrogens is 362 g/mol. The monoisotopic (exact) mass is 381 g/mol. The number of benzene rings is 2. The van der Waals surface area contributed by atoms with Crippen molar-refractivity contribution in [3.05, 3.63) is 77.2 Å². The lowest BCUT2D eigenvalue weighted by molar-refractivity contribution is 0.0928. The minimum atomic E-state index is -0.393. The van der Waals surface area contributed by atoms with Gasteiger partial charge in [-0.05, 0) is 23.3 Å². The zero-order valence-electron chi connectivity index (χ0n) is 15.0. The molecule has 0 spiro atoms. The van der Waals surface area contributed by atoms with Crippen LogP contribution >= 0.6 is 0 Å². The number of rotatable bonds is 7. The van der Waals surface area contributed by atoms with E-state index in [1.807, 2.05) is 36.4 Å². The van der Waals surface area contributed by atoms with Crippen molar-refractivity contribution in [2.24, 2.45) is 0 Å². The first-order chi connectivity index (χ1) is 13.7. The highest BCUT2D eigenvalue weighted by atomic mass is 16.7. The fraction of sp³-hybridized carbons (Fsp3) is 0.190. The van der Waals surface area contributed by atoms with Crippen LogP contribution in [0.5, 0.6) is 17.2 Å². The molecule has 3 aromatic rings. The Balaban J connectivity index is 1.34. The predicted octanol–water partition coefficient (Wildman–Crippen LogP) is 3.36. The summed E-state index contributed by atoms with van der Waals surface area (Å²) in [7, 11) is 0. The maximum atomic E-state index is 12.4. The molecule has 0 fully saturated rings. The molecule has 2 N–H and O–H groups in total. The highest BCUT2D eigenvalue weighted by molar-refractivity contribution is 5.97. The van der Waals surface area contributed by atoms with Crippen molar-refractivity contribution in [3.8, 4) is 17.2 Å². The van der Waals surface area contributed by atoms with E-state index < -0.39 is 5.91 Å². The van der Waals surface area contributed by atoms with Gasteiger partial charge in [-0.2, -0.15) is 0 Å². The lowest BCUT2D eigenvalue weighted by atomic mass is 10.1. The average molecular weight is 381 g/mol. The van der Waals surface area contributed by atoms with Crippen molar-refractivity contribution in [1.29, 1.82) is 0 Å². The van der Waals surface area contributed by atoms with Gasteiger partial charge >= 0.3 is 0 Å². The molecule has 0 radical (unpaired) electrons. The van der Waals surface area contributed by atoms with E-state index in [-0.39, 0.29) is 18.1 Å². The van der Waals surface area contributed by atoms with Gasteiger partial charge in [0.05, 0.1) is 18.4 Å². The fourth-order valence-corrected chi connectivity index (χ4v) is 2.88. The van der Waals surface area contributed by atoms with Gasteiger partial charge in [-0.15, -0.1) is 0 Å². The number of hydrogen-bond acceptors (Lipinski definition) is 6. The summed E-state index contributed by atoms with van der Waals surface area (Å²) in [6.07, 6.45) is 1.61. The van der Waals surface area contributed by atoms with Crippen LogP contribution in [-0.4, -0.2) is 17.8 Å². The number of fused-ring (bicyclic) bond motifs is 1. The molecule has 0 unspecified atom stereocenters. The van der Waals surface area contributed by atoms with Crippen LogP contribution < -0.4 is 14.8 Å². The summed E-state index contributed by atoms with van der Waals surface area (Å²) >= 11 is 0. The zero-order chi connectivity index (χ0) is 19.3. The van der Waals surface area contributed by atoms with Gasteiger partial charge < -0.3 is 29.1 Å². The number of phenols is 1. The van der Waals surface area contributed by atoms with Crippen molar-refractivity contribution in [1.82, 2.24) is 5.32 Å². The highest BCUT2D eigenvalue weighted by Crippen LogP contribution is 2.37. The molecule has 0 aliphatic carbocycles. The van der Waals surface area contributed by atoms with Crippen molar-refractivity contribution in [2.75, 3.05) is 6.79 Å². The van der Waals surface area contributed by atoms with Crippen LogP contribution in [0, 0.1) is 0 Å². The number of nitrogens with one attached hydrogen (secondary N) is 1. The molecule has 144 valence electrons. The summed E-state index contributed by atoms with van der Waals surface area (Å²) in [6, 6.07) is 14.3. The number of furan rings is 1. The Bertz CT molecular complexity index is 967. The second-order valence-corrected chi connectivity index (χ2v) is 6.30. The third-order valence-electron chi connectivity index (χ3n) is 4.27. The Labute approximate surface area is 161 Å². The van der Waals surface area contributed by atoms with Gasteiger partial charge in [0.2, 0.25) is 6.79 Å². The second-order valence-electron chi connectivity index (χ2n) is 6.30. The number of hydrogen-bond donors (Lipinski definition) is 2. The third kappa shape index (κ3) is 4.10. The van der Waals surface area contributed by atoms with Gasteiger partial charge in [0.1, 0.15) is 18.1 Å². The summed E-state index contributed by atoms with van der Waals surface area (Å²) in [5.41, 5.74) is 2.05. The van der Waals surface area contributed by atoms with E-state index in [2.05, 4.69) is 5.32 Å². The van der Waals surface area contributed by atoms with Gasteiger partial charge in [0.25, 0.3) is 5.91 Å². The maximum absolute atomic E-state index is 12.4. The summed E-state index contributed by atoms with van der Waals surface area (Å²) in [5, 5.41) is 12.8. The lowest BCUT2D eigenvalue weighted by Crippen LogP contribution is -2.23. The van der Waals surface area contributed by atoms with E-state index in [0.29, 0.717) is 31.3 Å². The second kappa shape index (κ2) is 8.06. The third-order valence-corrected chi connectivity index (χ3v) is 4.27. The minimum Gasteiger partial charge on any atom is -0.507 e. The molecule has 28 heavy (non-hydrogen) atoms. The number of carbonyl (C=O) groups is 1. The van der Waals surface area contributed by atoms with Crippen LogP contribution in [0.3, 0.4) is 0 Å². The van der Waals surface area contributed by atoms with Gasteiger partial charge in [0, 0.05) is 18.7 Å². The minimum absolute atomic E-state index is 0.0780. The fourth-order valence-electron chi connectivity index (χ4n) is 2.88. The molecule has 2 aromatic carbocycles. The van der Waals surface area contributed by atoms with Crippen molar-refractivity contribution >= 4 is 5.91 Å². The largest absolute Gasteiger partial charge is 0.507 e. The molecule has 0 saturated carbocycles. The van der Waals surface area contributed by atoms with Gasteiger partial charge in [-0.1, -0.05) is 24.3 Å². The van der Waals surface area contributed by atoms with E-state index >= 15 is 0 Å². The first kappa shape index (κ1) is 17.9. The Morgan fingerprint density at radius 2 is 1.86 bits per heavy atom. The number of carbonyl (C=O) groups excluding carboxylic acids is 1. The normalized spacial score (nSPS) is 12.1. The van der Waals surface area contributed by atoms with Crippen molar-refractivity contribution in [3.63, 3.8) is 0 Å². The Hall–Kier alpha value is -3.45. The topological polar surface area (TPSA) is 90.2 Å². The first-order valence-corrected chi connectivity index (χ1v) is 8.78. The molecule has 0 saturated heterocycles. The van der Waals surface area contributed by atoms with E-state index in [0.717, 1.165) is 16.9 Å².